The Balaban J connectivity index is 1.83. The first-order chi connectivity index (χ1) is 9.65. The van der Waals surface area contributed by atoms with Gasteiger partial charge in [-0.25, -0.2) is 0 Å². The molecule has 0 spiro atoms. The van der Waals surface area contributed by atoms with Crippen LogP contribution >= 0.6 is 0 Å². The molecule has 0 saturated heterocycles. The molecule has 20 heavy (non-hydrogen) atoms. The van der Waals surface area contributed by atoms with E-state index in [1.54, 1.807) is 0 Å². The van der Waals surface area contributed by atoms with Crippen LogP contribution in [0.3, 0.4) is 0 Å². The number of hydrogen-bond acceptors (Lipinski definition) is 2. The van der Waals surface area contributed by atoms with E-state index >= 15 is 0 Å². The van der Waals surface area contributed by atoms with Gasteiger partial charge in [-0.15, -0.1) is 0 Å². The van der Waals surface area contributed by atoms with Gasteiger partial charge in [-0.1, -0.05) is 60.2 Å². The van der Waals surface area contributed by atoms with Crippen molar-refractivity contribution in [1.29, 1.82) is 0 Å². The second-order valence-corrected chi connectivity index (χ2v) is 5.26. The van der Waals surface area contributed by atoms with Crippen LogP contribution < -0.4 is 5.73 Å². The monoisotopic (exact) mass is 267 g/mol. The summed E-state index contributed by atoms with van der Waals surface area (Å²) in [5.74, 6) is 0.252. The molecule has 0 fully saturated rings. The molecule has 0 aliphatic carbocycles. The molecule has 2 nitrogen and oxygen atoms in total. The van der Waals surface area contributed by atoms with Crippen molar-refractivity contribution in [3.63, 3.8) is 0 Å². The van der Waals surface area contributed by atoms with Crippen LogP contribution in [-0.2, 0) is 11.2 Å². The molecule has 0 aliphatic rings. The molecule has 1 unspecified atom stereocenters. The first kappa shape index (κ1) is 14.5. The molecular weight excluding hydrogens is 246 g/mol. The van der Waals surface area contributed by atoms with Crippen molar-refractivity contribution >= 4 is 5.78 Å². The van der Waals surface area contributed by atoms with E-state index in [0.29, 0.717) is 19.3 Å². The summed E-state index contributed by atoms with van der Waals surface area (Å²) in [5.41, 5.74) is 9.48. The van der Waals surface area contributed by atoms with Crippen molar-refractivity contribution in [2.24, 2.45) is 5.73 Å². The van der Waals surface area contributed by atoms with Crippen LogP contribution in [0, 0.1) is 6.92 Å². The van der Waals surface area contributed by atoms with Gasteiger partial charge in [0.2, 0.25) is 0 Å². The minimum Gasteiger partial charge on any atom is -0.324 e. The van der Waals surface area contributed by atoms with E-state index in [4.69, 9.17) is 5.73 Å². The number of Topliss-reactive ketones (excluding diaryl/α,β-unsaturated/α-hetero) is 1. The lowest BCUT2D eigenvalue weighted by Gasteiger charge is -2.11. The molecular formula is C18H21NO. The number of hydrogen-bond donors (Lipinski definition) is 1. The Morgan fingerprint density at radius 3 is 2.55 bits per heavy atom. The normalized spacial score (nSPS) is 12.1. The number of ketones is 1. The minimum atomic E-state index is -0.0577. The fourth-order valence-corrected chi connectivity index (χ4v) is 2.32. The van der Waals surface area contributed by atoms with Gasteiger partial charge in [0.25, 0.3) is 0 Å². The number of rotatable bonds is 6. The molecule has 2 N–H and O–H groups in total. The summed E-state index contributed by atoms with van der Waals surface area (Å²) in [6, 6.07) is 18.0. The van der Waals surface area contributed by atoms with Gasteiger partial charge in [-0.2, -0.15) is 0 Å². The number of aryl methyl sites for hydroxylation is 1. The molecule has 0 amide bonds. The molecule has 0 saturated carbocycles. The molecule has 2 rings (SSSR count). The maximum Gasteiger partial charge on any atom is 0.137 e. The molecule has 0 heterocycles. The average molecular weight is 267 g/mol. The van der Waals surface area contributed by atoms with Crippen LogP contribution in [0.1, 0.15) is 35.6 Å². The predicted octanol–water partition coefficient (Wildman–Crippen LogP) is 3.59. The van der Waals surface area contributed by atoms with Crippen LogP contribution in [-0.4, -0.2) is 5.78 Å². The zero-order valence-electron chi connectivity index (χ0n) is 11.9. The zero-order chi connectivity index (χ0) is 14.4. The highest BCUT2D eigenvalue weighted by Crippen LogP contribution is 2.16. The van der Waals surface area contributed by atoms with Gasteiger partial charge in [0.1, 0.15) is 5.78 Å². The fraction of sp³-hybridized carbons (Fsp3) is 0.278. The Kier molecular flexibility index (Phi) is 5.08. The number of benzene rings is 2. The molecule has 1 atom stereocenters. The lowest BCUT2D eigenvalue weighted by Crippen LogP contribution is -2.13. The zero-order valence-corrected chi connectivity index (χ0v) is 11.9. The first-order valence-electron chi connectivity index (χ1n) is 7.03. The molecule has 0 radical (unpaired) electrons. The van der Waals surface area contributed by atoms with Crippen LogP contribution in [0.2, 0.25) is 0 Å². The van der Waals surface area contributed by atoms with Crippen LogP contribution in [0.15, 0.2) is 54.6 Å². The molecule has 2 aromatic rings. The maximum absolute atomic E-state index is 12.0. The van der Waals surface area contributed by atoms with E-state index in [0.717, 1.165) is 11.1 Å². The number of carbonyl (C=O) groups is 1. The smallest absolute Gasteiger partial charge is 0.137 e. The summed E-state index contributed by atoms with van der Waals surface area (Å²) in [6.07, 6.45) is 1.74. The van der Waals surface area contributed by atoms with Crippen molar-refractivity contribution in [2.45, 2.75) is 32.2 Å². The van der Waals surface area contributed by atoms with Gasteiger partial charge in [-0.05, 0) is 24.5 Å². The van der Waals surface area contributed by atoms with Crippen LogP contribution in [0.5, 0.6) is 0 Å². The Labute approximate surface area is 120 Å². The summed E-state index contributed by atoms with van der Waals surface area (Å²) in [7, 11) is 0. The topological polar surface area (TPSA) is 43.1 Å². The SMILES string of the molecule is Cc1cccc(CC(=O)CCC(N)c2ccccc2)c1. The van der Waals surface area contributed by atoms with E-state index in [-0.39, 0.29) is 11.8 Å². The maximum atomic E-state index is 12.0. The number of carbonyl (C=O) groups excluding carboxylic acids is 1. The second kappa shape index (κ2) is 7.01. The molecule has 0 aliphatic heterocycles. The van der Waals surface area contributed by atoms with Gasteiger partial charge >= 0.3 is 0 Å². The fourth-order valence-electron chi connectivity index (χ4n) is 2.32. The lowest BCUT2D eigenvalue weighted by atomic mass is 9.98. The van der Waals surface area contributed by atoms with Crippen molar-refractivity contribution < 1.29 is 4.79 Å². The molecule has 0 bridgehead atoms. The van der Waals surface area contributed by atoms with E-state index in [9.17, 15) is 4.79 Å². The Bertz CT molecular complexity index is 563. The third-order valence-corrected chi connectivity index (χ3v) is 3.45. The third kappa shape index (κ3) is 4.32. The van der Waals surface area contributed by atoms with Gasteiger partial charge in [-0.3, -0.25) is 4.79 Å². The quantitative estimate of drug-likeness (QED) is 0.869. The number of nitrogens with two attached hydrogens (primary N) is 1. The van der Waals surface area contributed by atoms with E-state index in [1.165, 1.54) is 5.56 Å². The van der Waals surface area contributed by atoms with E-state index < -0.39 is 0 Å². The minimum absolute atomic E-state index is 0.0577. The molecule has 104 valence electrons. The van der Waals surface area contributed by atoms with Gasteiger partial charge in [0, 0.05) is 18.9 Å². The van der Waals surface area contributed by atoms with Gasteiger partial charge in [0.15, 0.2) is 0 Å². The highest BCUT2D eigenvalue weighted by Gasteiger charge is 2.09. The van der Waals surface area contributed by atoms with Crippen LogP contribution in [0.4, 0.5) is 0 Å². The molecule has 2 heteroatoms. The van der Waals surface area contributed by atoms with Crippen molar-refractivity contribution in [2.75, 3.05) is 0 Å². The Morgan fingerprint density at radius 1 is 1.10 bits per heavy atom. The Hall–Kier alpha value is -1.93. The summed E-state index contributed by atoms with van der Waals surface area (Å²) in [4.78, 5) is 12.0. The summed E-state index contributed by atoms with van der Waals surface area (Å²) in [5, 5.41) is 0. The largest absolute Gasteiger partial charge is 0.324 e. The highest BCUT2D eigenvalue weighted by atomic mass is 16.1. The second-order valence-electron chi connectivity index (χ2n) is 5.26. The van der Waals surface area contributed by atoms with Crippen LogP contribution in [0.25, 0.3) is 0 Å². The first-order valence-corrected chi connectivity index (χ1v) is 7.03. The highest BCUT2D eigenvalue weighted by molar-refractivity contribution is 5.80. The van der Waals surface area contributed by atoms with Crippen molar-refractivity contribution in [1.82, 2.24) is 0 Å². The van der Waals surface area contributed by atoms with Crippen molar-refractivity contribution in [3.8, 4) is 0 Å². The standard InChI is InChI=1S/C18H21NO/c1-14-6-5-7-15(12-14)13-17(20)10-11-18(19)16-8-3-2-4-9-16/h2-9,12,18H,10-11,13,19H2,1H3. The third-order valence-electron chi connectivity index (χ3n) is 3.45. The van der Waals surface area contributed by atoms with E-state index in [1.807, 2.05) is 55.5 Å². The van der Waals surface area contributed by atoms with Gasteiger partial charge in [0.05, 0.1) is 0 Å². The van der Waals surface area contributed by atoms with Gasteiger partial charge < -0.3 is 5.73 Å². The summed E-state index contributed by atoms with van der Waals surface area (Å²) in [6.45, 7) is 2.04. The Morgan fingerprint density at radius 2 is 1.85 bits per heavy atom. The average Bonchev–Trinajstić information content (AvgIpc) is 2.46. The predicted molar refractivity (Wildman–Crippen MR) is 82.5 cm³/mol. The lowest BCUT2D eigenvalue weighted by molar-refractivity contribution is -0.118. The van der Waals surface area contributed by atoms with Crippen molar-refractivity contribution in [3.05, 3.63) is 71.3 Å². The molecule has 0 aromatic heterocycles. The summed E-state index contributed by atoms with van der Waals surface area (Å²) >= 11 is 0. The molecule has 2 aromatic carbocycles. The van der Waals surface area contributed by atoms with E-state index in [2.05, 4.69) is 6.07 Å². The summed E-state index contributed by atoms with van der Waals surface area (Å²) < 4.78 is 0.